The minimum atomic E-state index is -1.24. The number of para-hydroxylation sites is 1. The van der Waals surface area contributed by atoms with Crippen LogP contribution in [0, 0.1) is 11.6 Å². The topological polar surface area (TPSA) is 74.7 Å². The van der Waals surface area contributed by atoms with Crippen molar-refractivity contribution in [2.75, 3.05) is 20.4 Å². The lowest BCUT2D eigenvalue weighted by Gasteiger charge is -2.17. The number of hydrogen-bond donors (Lipinski definition) is 0. The minimum absolute atomic E-state index is 0.0409. The van der Waals surface area contributed by atoms with E-state index >= 15 is 0 Å². The number of halogens is 4. The molecule has 3 aromatic rings. The second-order valence-corrected chi connectivity index (χ2v) is 8.75. The van der Waals surface area contributed by atoms with Gasteiger partial charge in [-0.3, -0.25) is 4.79 Å². The lowest BCUT2D eigenvalue weighted by Crippen LogP contribution is -2.17. The van der Waals surface area contributed by atoms with Gasteiger partial charge in [0.05, 0.1) is 25.7 Å². The predicted octanol–water partition coefficient (Wildman–Crippen LogP) is 5.47. The smallest absolute Gasteiger partial charge is 0.344 e. The second kappa shape index (κ2) is 11.4. The van der Waals surface area contributed by atoms with E-state index in [0.29, 0.717) is 23.1 Å². The summed E-state index contributed by atoms with van der Waals surface area (Å²) in [6.07, 6.45) is -0.259. The average molecular weight is 514 g/mol. The predicted molar refractivity (Wildman–Crippen MR) is 121 cm³/mol. The van der Waals surface area contributed by atoms with Gasteiger partial charge in [0.15, 0.2) is 17.4 Å². The number of hydrogen-bond acceptors (Lipinski definition) is 7. The van der Waals surface area contributed by atoms with Crippen molar-refractivity contribution < 1.29 is 37.0 Å². The fraction of sp³-hybridized carbons (Fsp3) is 0.261. The van der Waals surface area contributed by atoms with Crippen molar-refractivity contribution in [1.29, 1.82) is 0 Å². The molecule has 3 rings (SSSR count). The lowest BCUT2D eigenvalue weighted by molar-refractivity contribution is -0.133. The quantitative estimate of drug-likeness (QED) is 0.213. The summed E-state index contributed by atoms with van der Waals surface area (Å²) in [7, 11) is 1.44. The molecule has 0 amide bonds. The largest absolute Gasteiger partial charge is 0.496 e. The second-order valence-electron chi connectivity index (χ2n) is 6.77. The van der Waals surface area contributed by atoms with Gasteiger partial charge in [-0.15, -0.1) is 11.6 Å². The average Bonchev–Trinajstić information content (AvgIpc) is 2.80. The molecular formula is C23H19ClF3NO5S. The number of esters is 2. The van der Waals surface area contributed by atoms with Crippen LogP contribution in [0.15, 0.2) is 41.4 Å². The Labute approximate surface area is 202 Å². The zero-order valence-corrected chi connectivity index (χ0v) is 19.6. The molecule has 34 heavy (non-hydrogen) atoms. The molecule has 0 N–H and O–H groups in total. The van der Waals surface area contributed by atoms with Gasteiger partial charge in [0.1, 0.15) is 27.7 Å². The van der Waals surface area contributed by atoms with Crippen molar-refractivity contribution in [3.63, 3.8) is 0 Å². The molecule has 1 heterocycles. The van der Waals surface area contributed by atoms with Gasteiger partial charge in [-0.25, -0.2) is 22.9 Å². The summed E-state index contributed by atoms with van der Waals surface area (Å²) in [6, 6.07) is 8.25. The molecule has 0 saturated carbocycles. The van der Waals surface area contributed by atoms with E-state index in [1.165, 1.54) is 7.11 Å². The zero-order chi connectivity index (χ0) is 24.8. The van der Waals surface area contributed by atoms with Gasteiger partial charge in [0, 0.05) is 17.0 Å². The van der Waals surface area contributed by atoms with Crippen LogP contribution in [-0.2, 0) is 16.0 Å². The molecule has 2 aromatic carbocycles. The Morgan fingerprint density at radius 2 is 1.88 bits per heavy atom. The number of alkyl halides is 2. The number of carbonyl (C=O) groups excluding carboxylic acids is 2. The Balaban J connectivity index is 2.17. The molecule has 0 bridgehead atoms. The number of pyridine rings is 1. The van der Waals surface area contributed by atoms with Gasteiger partial charge in [0.25, 0.3) is 0 Å². The van der Waals surface area contributed by atoms with Crippen molar-refractivity contribution >= 4 is 46.2 Å². The highest BCUT2D eigenvalue weighted by Gasteiger charge is 2.28. The SMILES string of the molecule is CCOC(=O)c1c(S[C@H](Cl)CF)nc2cc(F)c(F)cc2c1OC(=O)Cc1ccccc1OC. The molecule has 180 valence electrons. The standard InChI is InChI=1S/C23H19ClF3NO5S/c1-3-32-23(30)20-21(33-19(29)8-12-6-4-5-7-17(12)31-2)13-9-14(26)15(27)10-16(13)28-22(20)34-18(24)11-25/h4-7,9-10,18H,3,8,11H2,1-2H3/t18-/m0/s1. The number of methoxy groups -OCH3 is 1. The first-order valence-corrected chi connectivity index (χ1v) is 11.3. The molecule has 1 atom stereocenters. The van der Waals surface area contributed by atoms with E-state index in [2.05, 4.69) is 4.98 Å². The van der Waals surface area contributed by atoms with E-state index in [4.69, 9.17) is 25.8 Å². The Kier molecular flexibility index (Phi) is 8.62. The van der Waals surface area contributed by atoms with Gasteiger partial charge < -0.3 is 14.2 Å². The first-order chi connectivity index (χ1) is 16.3. The monoisotopic (exact) mass is 513 g/mol. The Morgan fingerprint density at radius 1 is 1.18 bits per heavy atom. The summed E-state index contributed by atoms with van der Waals surface area (Å²) in [5, 5.41) is -0.305. The number of fused-ring (bicyclic) bond motifs is 1. The van der Waals surface area contributed by atoms with Crippen LogP contribution in [0.25, 0.3) is 10.9 Å². The van der Waals surface area contributed by atoms with Crippen molar-refractivity contribution in [2.24, 2.45) is 0 Å². The maximum Gasteiger partial charge on any atom is 0.344 e. The highest BCUT2D eigenvalue weighted by atomic mass is 35.5. The van der Waals surface area contributed by atoms with Crippen LogP contribution in [-0.4, -0.2) is 42.0 Å². The molecule has 0 aliphatic carbocycles. The number of thioether (sulfide) groups is 1. The van der Waals surface area contributed by atoms with E-state index < -0.39 is 40.7 Å². The van der Waals surface area contributed by atoms with Crippen LogP contribution in [0.5, 0.6) is 11.5 Å². The fourth-order valence-corrected chi connectivity index (χ4v) is 4.09. The summed E-state index contributed by atoms with van der Waals surface area (Å²) < 4.78 is 55.8. The number of carbonyl (C=O) groups is 2. The van der Waals surface area contributed by atoms with E-state index in [0.717, 1.165) is 12.1 Å². The maximum absolute atomic E-state index is 14.1. The molecule has 0 fully saturated rings. The molecule has 1 aromatic heterocycles. The van der Waals surface area contributed by atoms with E-state index in [9.17, 15) is 22.8 Å². The minimum Gasteiger partial charge on any atom is -0.496 e. The lowest BCUT2D eigenvalue weighted by atomic mass is 10.1. The number of ether oxygens (including phenoxy) is 3. The molecule has 0 aliphatic rings. The van der Waals surface area contributed by atoms with Crippen LogP contribution in [0.3, 0.4) is 0 Å². The molecule has 0 radical (unpaired) electrons. The molecule has 0 saturated heterocycles. The number of nitrogens with zero attached hydrogens (tertiary/aromatic N) is 1. The fourth-order valence-electron chi connectivity index (χ4n) is 3.09. The maximum atomic E-state index is 14.1. The molecular weight excluding hydrogens is 495 g/mol. The van der Waals surface area contributed by atoms with Crippen molar-refractivity contribution in [2.45, 2.75) is 23.1 Å². The van der Waals surface area contributed by atoms with Crippen LogP contribution in [0.2, 0.25) is 0 Å². The summed E-state index contributed by atoms with van der Waals surface area (Å²) >= 11 is 6.55. The zero-order valence-electron chi connectivity index (χ0n) is 18.1. The third-order valence-corrected chi connectivity index (χ3v) is 5.81. The van der Waals surface area contributed by atoms with Crippen molar-refractivity contribution in [1.82, 2.24) is 4.98 Å². The number of aromatic nitrogens is 1. The Bertz CT molecular complexity index is 1230. The van der Waals surface area contributed by atoms with Crippen LogP contribution in [0.1, 0.15) is 22.8 Å². The molecule has 0 aliphatic heterocycles. The van der Waals surface area contributed by atoms with E-state index in [1.54, 1.807) is 31.2 Å². The Hall–Kier alpha value is -2.98. The first-order valence-electron chi connectivity index (χ1n) is 9.98. The first kappa shape index (κ1) is 25.6. The van der Waals surface area contributed by atoms with Crippen LogP contribution in [0.4, 0.5) is 13.2 Å². The normalized spacial score (nSPS) is 11.8. The summed E-state index contributed by atoms with van der Waals surface area (Å²) in [6.45, 7) is 0.531. The summed E-state index contributed by atoms with van der Waals surface area (Å²) in [5.41, 5.74) is 0.0196. The van der Waals surface area contributed by atoms with E-state index in [-0.39, 0.29) is 34.5 Å². The van der Waals surface area contributed by atoms with Crippen LogP contribution < -0.4 is 9.47 Å². The highest BCUT2D eigenvalue weighted by Crippen LogP contribution is 2.39. The number of rotatable bonds is 9. The molecule has 0 spiro atoms. The Morgan fingerprint density at radius 3 is 2.56 bits per heavy atom. The molecule has 0 unspecified atom stereocenters. The van der Waals surface area contributed by atoms with Gasteiger partial charge in [-0.05, 0) is 19.1 Å². The van der Waals surface area contributed by atoms with Crippen molar-refractivity contribution in [3.05, 3.63) is 59.2 Å². The van der Waals surface area contributed by atoms with Gasteiger partial charge in [-0.2, -0.15) is 0 Å². The highest BCUT2D eigenvalue weighted by molar-refractivity contribution is 8.01. The van der Waals surface area contributed by atoms with Crippen LogP contribution >= 0.6 is 23.4 Å². The summed E-state index contributed by atoms with van der Waals surface area (Å²) in [5.74, 6) is -4.19. The van der Waals surface area contributed by atoms with Gasteiger partial charge >= 0.3 is 11.9 Å². The van der Waals surface area contributed by atoms with Gasteiger partial charge in [-0.1, -0.05) is 30.0 Å². The van der Waals surface area contributed by atoms with E-state index in [1.807, 2.05) is 0 Å². The van der Waals surface area contributed by atoms with Crippen molar-refractivity contribution in [3.8, 4) is 11.5 Å². The summed E-state index contributed by atoms with van der Waals surface area (Å²) in [4.78, 5) is 29.8. The third kappa shape index (κ3) is 5.74. The molecule has 6 nitrogen and oxygen atoms in total. The molecule has 11 heteroatoms. The number of benzene rings is 2. The third-order valence-electron chi connectivity index (χ3n) is 4.53. The van der Waals surface area contributed by atoms with Gasteiger partial charge in [0.2, 0.25) is 0 Å².